The highest BCUT2D eigenvalue weighted by atomic mass is 79.9. The van der Waals surface area contributed by atoms with Crippen molar-refractivity contribution in [2.24, 2.45) is 0 Å². The Labute approximate surface area is 115 Å². The minimum atomic E-state index is -3.44. The number of carboxylic acid groups (broad SMARTS) is 2. The third kappa shape index (κ3) is 2.80. The van der Waals surface area contributed by atoms with Crippen LogP contribution in [0.3, 0.4) is 0 Å². The molecule has 0 spiro atoms. The van der Waals surface area contributed by atoms with Crippen LogP contribution in [0.2, 0.25) is 0 Å². The van der Waals surface area contributed by atoms with E-state index in [9.17, 15) is 24.6 Å². The lowest BCUT2D eigenvalue weighted by molar-refractivity contribution is -0.175. The lowest BCUT2D eigenvalue weighted by Gasteiger charge is -2.24. The largest absolute Gasteiger partial charge is 0.479 e. The fourth-order valence-corrected chi connectivity index (χ4v) is 1.60. The fraction of sp³-hybridized carbons (Fsp3) is 0.182. The predicted octanol–water partition coefficient (Wildman–Crippen LogP) is -0.107. The molecule has 1 rings (SSSR count). The van der Waals surface area contributed by atoms with E-state index < -0.39 is 29.4 Å². The molecule has 0 aliphatic rings. The first-order valence-corrected chi connectivity index (χ1v) is 5.67. The zero-order valence-corrected chi connectivity index (χ0v) is 10.9. The third-order valence-electron chi connectivity index (χ3n) is 2.41. The maximum Gasteiger partial charge on any atom is 0.347 e. The molecule has 19 heavy (non-hydrogen) atoms. The highest BCUT2D eigenvalue weighted by Gasteiger charge is 2.54. The van der Waals surface area contributed by atoms with E-state index in [1.54, 1.807) is 0 Å². The van der Waals surface area contributed by atoms with Gasteiger partial charge in [0.25, 0.3) is 5.60 Å². The van der Waals surface area contributed by atoms with Crippen LogP contribution in [-0.4, -0.2) is 49.9 Å². The summed E-state index contributed by atoms with van der Waals surface area (Å²) < 4.78 is 0.599. The summed E-state index contributed by atoms with van der Waals surface area (Å²) >= 11 is 3.09. The van der Waals surface area contributed by atoms with Crippen LogP contribution in [0.4, 0.5) is 0 Å². The van der Waals surface area contributed by atoms with Gasteiger partial charge in [0.05, 0.1) is 0 Å². The van der Waals surface area contributed by atoms with Crippen molar-refractivity contribution in [1.82, 2.24) is 0 Å². The molecule has 0 aromatic heterocycles. The zero-order chi connectivity index (χ0) is 14.8. The Hall–Kier alpha value is -1.77. The molecule has 0 aliphatic carbocycles. The van der Waals surface area contributed by atoms with Crippen molar-refractivity contribution >= 4 is 33.7 Å². The molecule has 4 N–H and O–H groups in total. The standard InChI is InChI=1S/C11H9BrO7/c12-6-3-1-5(2-4-6)7(13)11(19,10(17)18)8(14)9(15)16/h1-4,8,14,19H,(H,15,16)(H,17,18)/t8-,11+/m1/s1. The summed E-state index contributed by atoms with van der Waals surface area (Å²) in [5.41, 5.74) is -3.69. The quantitative estimate of drug-likeness (QED) is 0.437. The summed E-state index contributed by atoms with van der Waals surface area (Å²) in [4.78, 5) is 33.4. The summed E-state index contributed by atoms with van der Waals surface area (Å²) in [7, 11) is 0. The fourth-order valence-electron chi connectivity index (χ4n) is 1.34. The number of aliphatic hydroxyl groups is 2. The SMILES string of the molecule is O=C(O)[C@@H](O)[C@](O)(C(=O)O)C(=O)c1ccc(Br)cc1. The molecule has 8 heteroatoms. The molecule has 2 atom stereocenters. The van der Waals surface area contributed by atoms with Crippen LogP contribution in [0.1, 0.15) is 10.4 Å². The van der Waals surface area contributed by atoms with Crippen molar-refractivity contribution in [1.29, 1.82) is 0 Å². The number of Topliss-reactive ketones (excluding diaryl/α,β-unsaturated/α-hetero) is 1. The van der Waals surface area contributed by atoms with Gasteiger partial charge in [-0.25, -0.2) is 9.59 Å². The Morgan fingerprint density at radius 1 is 1.11 bits per heavy atom. The van der Waals surface area contributed by atoms with Gasteiger partial charge in [-0.2, -0.15) is 0 Å². The van der Waals surface area contributed by atoms with Gasteiger partial charge in [0, 0.05) is 10.0 Å². The van der Waals surface area contributed by atoms with Crippen LogP contribution in [0, 0.1) is 0 Å². The number of carboxylic acids is 2. The molecule has 0 aliphatic heterocycles. The van der Waals surface area contributed by atoms with E-state index >= 15 is 0 Å². The van der Waals surface area contributed by atoms with Gasteiger partial charge in [0.2, 0.25) is 5.78 Å². The minimum Gasteiger partial charge on any atom is -0.479 e. The average Bonchev–Trinajstić information content (AvgIpc) is 2.36. The Balaban J connectivity index is 3.27. The zero-order valence-electron chi connectivity index (χ0n) is 9.28. The Bertz CT molecular complexity index is 524. The van der Waals surface area contributed by atoms with Crippen LogP contribution in [-0.2, 0) is 9.59 Å². The van der Waals surface area contributed by atoms with E-state index in [2.05, 4.69) is 15.9 Å². The van der Waals surface area contributed by atoms with Crippen molar-refractivity contribution in [3.8, 4) is 0 Å². The van der Waals surface area contributed by atoms with Crippen LogP contribution >= 0.6 is 15.9 Å². The van der Waals surface area contributed by atoms with E-state index in [1.807, 2.05) is 0 Å². The van der Waals surface area contributed by atoms with E-state index in [0.29, 0.717) is 4.47 Å². The first kappa shape index (κ1) is 15.3. The van der Waals surface area contributed by atoms with E-state index in [1.165, 1.54) is 24.3 Å². The second kappa shape index (κ2) is 5.47. The van der Waals surface area contributed by atoms with Crippen molar-refractivity contribution in [2.45, 2.75) is 11.7 Å². The van der Waals surface area contributed by atoms with Crippen LogP contribution in [0.25, 0.3) is 0 Å². The second-order valence-electron chi connectivity index (χ2n) is 3.65. The van der Waals surface area contributed by atoms with Gasteiger partial charge >= 0.3 is 11.9 Å². The molecule has 7 nitrogen and oxygen atoms in total. The minimum absolute atomic E-state index is 0.242. The summed E-state index contributed by atoms with van der Waals surface area (Å²) in [6.45, 7) is 0. The normalized spacial score (nSPS) is 15.3. The predicted molar refractivity (Wildman–Crippen MR) is 64.7 cm³/mol. The first-order chi connectivity index (χ1) is 8.71. The molecule has 0 bridgehead atoms. The molecular weight excluding hydrogens is 324 g/mol. The van der Waals surface area contributed by atoms with Gasteiger partial charge in [-0.1, -0.05) is 28.1 Å². The van der Waals surface area contributed by atoms with Crippen molar-refractivity contribution in [2.75, 3.05) is 0 Å². The molecule has 0 heterocycles. The summed E-state index contributed by atoms with van der Waals surface area (Å²) in [5.74, 6) is -5.58. The Morgan fingerprint density at radius 2 is 1.58 bits per heavy atom. The van der Waals surface area contributed by atoms with Crippen molar-refractivity contribution < 1.29 is 34.8 Å². The Morgan fingerprint density at radius 3 is 1.95 bits per heavy atom. The number of halogens is 1. The molecule has 0 unspecified atom stereocenters. The lowest BCUT2D eigenvalue weighted by Crippen LogP contribution is -2.58. The number of hydrogen-bond acceptors (Lipinski definition) is 5. The molecule has 1 aromatic carbocycles. The summed E-state index contributed by atoms with van der Waals surface area (Å²) in [5, 5.41) is 36.4. The molecule has 0 saturated heterocycles. The van der Waals surface area contributed by atoms with Gasteiger partial charge < -0.3 is 20.4 Å². The highest BCUT2D eigenvalue weighted by molar-refractivity contribution is 9.10. The molecular formula is C11H9BrO7. The first-order valence-electron chi connectivity index (χ1n) is 4.88. The maximum absolute atomic E-state index is 11.9. The van der Waals surface area contributed by atoms with Gasteiger partial charge in [0.15, 0.2) is 6.10 Å². The summed E-state index contributed by atoms with van der Waals surface area (Å²) in [6, 6.07) is 5.19. The second-order valence-corrected chi connectivity index (χ2v) is 4.56. The number of carbonyl (C=O) groups excluding carboxylic acids is 1. The average molecular weight is 333 g/mol. The van der Waals surface area contributed by atoms with Crippen LogP contribution < -0.4 is 0 Å². The van der Waals surface area contributed by atoms with Crippen molar-refractivity contribution in [3.05, 3.63) is 34.3 Å². The van der Waals surface area contributed by atoms with E-state index in [4.69, 9.17) is 10.2 Å². The topological polar surface area (TPSA) is 132 Å². The number of carbonyl (C=O) groups is 3. The molecule has 0 saturated carbocycles. The highest BCUT2D eigenvalue weighted by Crippen LogP contribution is 2.21. The number of ketones is 1. The van der Waals surface area contributed by atoms with Gasteiger partial charge in [-0.15, -0.1) is 0 Å². The third-order valence-corrected chi connectivity index (χ3v) is 2.94. The van der Waals surface area contributed by atoms with Gasteiger partial charge in [0.1, 0.15) is 0 Å². The Kier molecular flexibility index (Phi) is 4.40. The lowest BCUT2D eigenvalue weighted by atomic mass is 9.87. The number of benzene rings is 1. The monoisotopic (exact) mass is 332 g/mol. The van der Waals surface area contributed by atoms with E-state index in [0.717, 1.165) is 0 Å². The van der Waals surface area contributed by atoms with Gasteiger partial charge in [-0.3, -0.25) is 4.79 Å². The maximum atomic E-state index is 11.9. The van der Waals surface area contributed by atoms with Crippen LogP contribution in [0.15, 0.2) is 28.7 Å². The van der Waals surface area contributed by atoms with Crippen molar-refractivity contribution in [3.63, 3.8) is 0 Å². The number of aliphatic hydroxyl groups excluding tert-OH is 1. The molecule has 0 fully saturated rings. The van der Waals surface area contributed by atoms with Gasteiger partial charge in [-0.05, 0) is 12.1 Å². The molecule has 0 radical (unpaired) electrons. The smallest absolute Gasteiger partial charge is 0.347 e. The number of hydrogen-bond donors (Lipinski definition) is 4. The molecule has 1 aromatic rings. The number of aliphatic carboxylic acids is 2. The molecule has 0 amide bonds. The van der Waals surface area contributed by atoms with Crippen LogP contribution in [0.5, 0.6) is 0 Å². The number of rotatable bonds is 5. The molecule has 102 valence electrons. The van der Waals surface area contributed by atoms with E-state index in [-0.39, 0.29) is 5.56 Å². The summed E-state index contributed by atoms with van der Waals surface area (Å²) in [6.07, 6.45) is -2.78.